The van der Waals surface area contributed by atoms with Gasteiger partial charge in [0.25, 0.3) is 0 Å². The Balaban J connectivity index is 1.90. The number of hydrogen-bond acceptors (Lipinski definition) is 5. The molecule has 0 radical (unpaired) electrons. The number of ether oxygens (including phenoxy) is 1. The number of hydrogen-bond donors (Lipinski definition) is 1. The normalized spacial score (nSPS) is 10.7. The lowest BCUT2D eigenvalue weighted by Gasteiger charge is -2.06. The van der Waals surface area contributed by atoms with Crippen LogP contribution in [0.25, 0.3) is 0 Å². The predicted octanol–water partition coefficient (Wildman–Crippen LogP) is 2.67. The average molecular weight is 289 g/mol. The lowest BCUT2D eigenvalue weighted by atomic mass is 10.2. The van der Waals surface area contributed by atoms with Crippen LogP contribution < -0.4 is 5.32 Å². The maximum Gasteiger partial charge on any atom is 0.192 e. The third kappa shape index (κ3) is 4.59. The van der Waals surface area contributed by atoms with Crippen LogP contribution in [-0.4, -0.2) is 30.2 Å². The minimum absolute atomic E-state index is 0.710. The minimum atomic E-state index is 0.710. The van der Waals surface area contributed by atoms with E-state index in [0.717, 1.165) is 23.8 Å². The van der Waals surface area contributed by atoms with Crippen molar-refractivity contribution in [2.75, 3.05) is 20.3 Å². The van der Waals surface area contributed by atoms with Crippen molar-refractivity contribution >= 4 is 11.8 Å². The first-order valence-electron chi connectivity index (χ1n) is 6.53. The number of nitrogens with one attached hydrogen (secondary N) is 1. The van der Waals surface area contributed by atoms with E-state index in [0.29, 0.717) is 6.61 Å². The zero-order valence-corrected chi connectivity index (χ0v) is 12.6. The zero-order valence-electron chi connectivity index (χ0n) is 11.8. The molecular weight excluding hydrogens is 270 g/mol. The second kappa shape index (κ2) is 7.99. The molecule has 0 unspecified atom stereocenters. The van der Waals surface area contributed by atoms with Crippen LogP contribution in [0.3, 0.4) is 0 Å². The Kier molecular flexibility index (Phi) is 5.98. The summed E-state index contributed by atoms with van der Waals surface area (Å²) >= 11 is 1.59. The van der Waals surface area contributed by atoms with Crippen LogP contribution in [0.4, 0.5) is 0 Å². The van der Waals surface area contributed by atoms with E-state index < -0.39 is 0 Å². The second-order valence-corrected chi connectivity index (χ2v) is 5.42. The van der Waals surface area contributed by atoms with Crippen molar-refractivity contribution in [3.05, 3.63) is 47.8 Å². The third-order valence-electron chi connectivity index (χ3n) is 2.79. The van der Waals surface area contributed by atoms with Gasteiger partial charge in [-0.25, -0.2) is 9.97 Å². The summed E-state index contributed by atoms with van der Waals surface area (Å²) in [5, 5.41) is 4.05. The van der Waals surface area contributed by atoms with Crippen LogP contribution in [0.5, 0.6) is 0 Å². The zero-order chi connectivity index (χ0) is 14.2. The standard InChI is InChI=1S/C15H19N3OS/c1-12-5-3-4-6-14(12)20-15-17-10-13(11-18-15)9-16-7-8-19-2/h3-6,10-11,16H,7-9H2,1-2H3. The number of aryl methyl sites for hydroxylation is 1. The topological polar surface area (TPSA) is 47.0 Å². The smallest absolute Gasteiger partial charge is 0.192 e. The molecule has 1 N–H and O–H groups in total. The van der Waals surface area contributed by atoms with E-state index in [4.69, 9.17) is 4.74 Å². The molecule has 1 aromatic carbocycles. The predicted molar refractivity (Wildman–Crippen MR) is 80.9 cm³/mol. The van der Waals surface area contributed by atoms with Gasteiger partial charge in [-0.2, -0.15) is 0 Å². The first-order chi connectivity index (χ1) is 9.79. The van der Waals surface area contributed by atoms with E-state index >= 15 is 0 Å². The number of rotatable bonds is 7. The summed E-state index contributed by atoms with van der Waals surface area (Å²) in [6.45, 7) is 4.40. The summed E-state index contributed by atoms with van der Waals surface area (Å²) in [5.74, 6) is 0. The Morgan fingerprint density at radius 2 is 1.95 bits per heavy atom. The Morgan fingerprint density at radius 1 is 1.20 bits per heavy atom. The summed E-state index contributed by atoms with van der Waals surface area (Å²) in [6, 6.07) is 8.25. The molecule has 2 aromatic rings. The molecule has 5 heteroatoms. The molecule has 0 aliphatic carbocycles. The molecule has 0 amide bonds. The Morgan fingerprint density at radius 3 is 2.65 bits per heavy atom. The molecule has 0 saturated carbocycles. The highest BCUT2D eigenvalue weighted by molar-refractivity contribution is 7.99. The number of benzene rings is 1. The molecule has 0 aliphatic rings. The van der Waals surface area contributed by atoms with Crippen LogP contribution in [-0.2, 0) is 11.3 Å². The quantitative estimate of drug-likeness (QED) is 0.627. The first-order valence-corrected chi connectivity index (χ1v) is 7.35. The maximum atomic E-state index is 4.98. The fourth-order valence-corrected chi connectivity index (χ4v) is 2.45. The molecule has 0 atom stereocenters. The van der Waals surface area contributed by atoms with Gasteiger partial charge in [-0.15, -0.1) is 0 Å². The van der Waals surface area contributed by atoms with Crippen LogP contribution in [0.15, 0.2) is 46.7 Å². The van der Waals surface area contributed by atoms with Crippen molar-refractivity contribution in [1.82, 2.24) is 15.3 Å². The summed E-state index contributed by atoms with van der Waals surface area (Å²) < 4.78 is 4.98. The summed E-state index contributed by atoms with van der Waals surface area (Å²) in [7, 11) is 1.70. The lowest BCUT2D eigenvalue weighted by molar-refractivity contribution is 0.199. The molecule has 106 valence electrons. The third-order valence-corrected chi connectivity index (χ3v) is 3.86. The monoisotopic (exact) mass is 289 g/mol. The van der Waals surface area contributed by atoms with E-state index in [-0.39, 0.29) is 0 Å². The molecule has 1 heterocycles. The molecule has 0 bridgehead atoms. The second-order valence-electron chi connectivity index (χ2n) is 4.41. The van der Waals surface area contributed by atoms with Gasteiger partial charge in [0.05, 0.1) is 6.61 Å². The van der Waals surface area contributed by atoms with Crippen molar-refractivity contribution in [2.24, 2.45) is 0 Å². The van der Waals surface area contributed by atoms with Crippen LogP contribution >= 0.6 is 11.8 Å². The Hall–Kier alpha value is -1.43. The Labute approximate surface area is 124 Å². The maximum absolute atomic E-state index is 4.98. The van der Waals surface area contributed by atoms with Crippen LogP contribution in [0, 0.1) is 6.92 Å². The van der Waals surface area contributed by atoms with Gasteiger partial charge >= 0.3 is 0 Å². The van der Waals surface area contributed by atoms with Gasteiger partial charge in [-0.3, -0.25) is 0 Å². The SMILES string of the molecule is COCCNCc1cnc(Sc2ccccc2C)nc1. The molecule has 0 aliphatic heterocycles. The number of nitrogens with zero attached hydrogens (tertiary/aromatic N) is 2. The molecule has 0 saturated heterocycles. The van der Waals surface area contributed by atoms with E-state index in [1.165, 1.54) is 10.5 Å². The summed E-state index contributed by atoms with van der Waals surface area (Å²) in [6.07, 6.45) is 3.74. The summed E-state index contributed by atoms with van der Waals surface area (Å²) in [5.41, 5.74) is 2.32. The fraction of sp³-hybridized carbons (Fsp3) is 0.333. The first kappa shape index (κ1) is 15.0. The van der Waals surface area contributed by atoms with Gasteiger partial charge in [-0.05, 0) is 30.3 Å². The van der Waals surface area contributed by atoms with E-state index in [1.54, 1.807) is 18.9 Å². The minimum Gasteiger partial charge on any atom is -0.383 e. The fourth-order valence-electron chi connectivity index (χ4n) is 1.66. The van der Waals surface area contributed by atoms with Crippen molar-refractivity contribution in [3.63, 3.8) is 0 Å². The highest BCUT2D eigenvalue weighted by Crippen LogP contribution is 2.26. The molecule has 20 heavy (non-hydrogen) atoms. The summed E-state index contributed by atoms with van der Waals surface area (Å²) in [4.78, 5) is 9.98. The van der Waals surface area contributed by atoms with Crippen molar-refractivity contribution in [1.29, 1.82) is 0 Å². The van der Waals surface area contributed by atoms with Gasteiger partial charge < -0.3 is 10.1 Å². The van der Waals surface area contributed by atoms with Crippen molar-refractivity contribution in [3.8, 4) is 0 Å². The van der Waals surface area contributed by atoms with Gasteiger partial charge in [0.2, 0.25) is 0 Å². The molecule has 4 nitrogen and oxygen atoms in total. The average Bonchev–Trinajstić information content (AvgIpc) is 2.48. The number of aromatic nitrogens is 2. The van der Waals surface area contributed by atoms with Crippen LogP contribution in [0.2, 0.25) is 0 Å². The largest absolute Gasteiger partial charge is 0.383 e. The molecule has 1 aromatic heterocycles. The van der Waals surface area contributed by atoms with Crippen molar-refractivity contribution < 1.29 is 4.74 Å². The van der Waals surface area contributed by atoms with E-state index in [9.17, 15) is 0 Å². The lowest BCUT2D eigenvalue weighted by Crippen LogP contribution is -2.18. The van der Waals surface area contributed by atoms with Gasteiger partial charge in [0.15, 0.2) is 5.16 Å². The highest BCUT2D eigenvalue weighted by Gasteiger charge is 2.03. The molecule has 2 rings (SSSR count). The Bertz CT molecular complexity index is 531. The van der Waals surface area contributed by atoms with Gasteiger partial charge in [0.1, 0.15) is 0 Å². The van der Waals surface area contributed by atoms with Crippen molar-refractivity contribution in [2.45, 2.75) is 23.5 Å². The van der Waals surface area contributed by atoms with E-state index in [1.807, 2.05) is 24.5 Å². The van der Waals surface area contributed by atoms with Crippen LogP contribution in [0.1, 0.15) is 11.1 Å². The highest BCUT2D eigenvalue weighted by atomic mass is 32.2. The molecule has 0 spiro atoms. The van der Waals surface area contributed by atoms with Gasteiger partial charge in [0, 0.05) is 43.1 Å². The van der Waals surface area contributed by atoms with E-state index in [2.05, 4.69) is 34.3 Å². The molecular formula is C15H19N3OS. The number of methoxy groups -OCH3 is 1. The molecule has 0 fully saturated rings. The van der Waals surface area contributed by atoms with Gasteiger partial charge in [-0.1, -0.05) is 18.2 Å².